The van der Waals surface area contributed by atoms with Crippen LogP contribution in [0.1, 0.15) is 12.5 Å². The van der Waals surface area contributed by atoms with Gasteiger partial charge in [-0.05, 0) is 43.2 Å². The monoisotopic (exact) mass is 560 g/mol. The maximum absolute atomic E-state index is 14.0. The molecule has 1 aliphatic heterocycles. The van der Waals surface area contributed by atoms with Crippen molar-refractivity contribution in [3.8, 4) is 0 Å². The van der Waals surface area contributed by atoms with Gasteiger partial charge in [-0.1, -0.05) is 24.3 Å². The summed E-state index contributed by atoms with van der Waals surface area (Å²) in [5.41, 5.74) is 1.70. The van der Waals surface area contributed by atoms with E-state index in [1.54, 1.807) is 18.2 Å². The third-order valence-electron chi connectivity index (χ3n) is 5.12. The molecule has 1 heterocycles. The smallest absolute Gasteiger partial charge is 0.194 e. The highest BCUT2D eigenvalue weighted by Crippen LogP contribution is 2.20. The summed E-state index contributed by atoms with van der Waals surface area (Å²) in [5, 5.41) is 3.34. The first-order valence-corrected chi connectivity index (χ1v) is 12.1. The largest absolute Gasteiger partial charge is 0.366 e. The standard InChI is InChI=1S/C22H29FN4O2S.HI/c1-3-24-22(25-13-12-18-8-10-19(11-9-18)30(2,28)29)27-16-14-26(15-17-27)21-7-5-4-6-20(21)23;/h4-11H,3,12-17H2,1-2H3,(H,24,25);1H. The molecule has 1 fully saturated rings. The van der Waals surface area contributed by atoms with E-state index in [-0.39, 0.29) is 29.8 Å². The van der Waals surface area contributed by atoms with E-state index in [0.717, 1.165) is 50.7 Å². The predicted octanol–water partition coefficient (Wildman–Crippen LogP) is 3.18. The van der Waals surface area contributed by atoms with Gasteiger partial charge in [0.25, 0.3) is 0 Å². The molecule has 170 valence electrons. The molecule has 9 heteroatoms. The maximum Gasteiger partial charge on any atom is 0.194 e. The minimum atomic E-state index is -3.17. The average Bonchev–Trinajstić information content (AvgIpc) is 2.73. The van der Waals surface area contributed by atoms with Gasteiger partial charge in [0.05, 0.1) is 10.6 Å². The van der Waals surface area contributed by atoms with Crippen LogP contribution in [0.15, 0.2) is 58.4 Å². The molecular formula is C22H30FIN4O2S. The zero-order valence-electron chi connectivity index (χ0n) is 17.9. The van der Waals surface area contributed by atoms with Crippen LogP contribution < -0.4 is 10.2 Å². The van der Waals surface area contributed by atoms with Crippen LogP contribution in [0.4, 0.5) is 10.1 Å². The SMILES string of the molecule is CCNC(=NCCc1ccc(S(C)(=O)=O)cc1)N1CCN(c2ccccc2F)CC1.I. The van der Waals surface area contributed by atoms with Gasteiger partial charge in [-0.15, -0.1) is 24.0 Å². The molecule has 0 unspecified atom stereocenters. The predicted molar refractivity (Wildman–Crippen MR) is 135 cm³/mol. The van der Waals surface area contributed by atoms with Crippen LogP contribution in [0.5, 0.6) is 0 Å². The van der Waals surface area contributed by atoms with E-state index < -0.39 is 9.84 Å². The summed E-state index contributed by atoms with van der Waals surface area (Å²) in [5.74, 6) is 0.673. The van der Waals surface area contributed by atoms with Crippen LogP contribution in [0, 0.1) is 5.82 Å². The number of benzene rings is 2. The Kier molecular flexibility index (Phi) is 9.54. The van der Waals surface area contributed by atoms with E-state index in [2.05, 4.69) is 15.1 Å². The lowest BCUT2D eigenvalue weighted by molar-refractivity contribution is 0.371. The highest BCUT2D eigenvalue weighted by atomic mass is 127. The van der Waals surface area contributed by atoms with E-state index in [4.69, 9.17) is 4.99 Å². The number of halogens is 2. The Labute approximate surface area is 201 Å². The maximum atomic E-state index is 14.0. The average molecular weight is 560 g/mol. The molecule has 0 bridgehead atoms. The van der Waals surface area contributed by atoms with Crippen molar-refractivity contribution in [2.75, 3.05) is 50.4 Å². The van der Waals surface area contributed by atoms with Crippen molar-refractivity contribution < 1.29 is 12.8 Å². The van der Waals surface area contributed by atoms with Crippen LogP contribution in [0.25, 0.3) is 0 Å². The van der Waals surface area contributed by atoms with E-state index in [0.29, 0.717) is 17.1 Å². The van der Waals surface area contributed by atoms with Gasteiger partial charge in [0.2, 0.25) is 0 Å². The number of nitrogens with one attached hydrogen (secondary N) is 1. The number of piperazine rings is 1. The summed E-state index contributed by atoms with van der Waals surface area (Å²) in [6.45, 7) is 6.42. The number of guanidine groups is 1. The zero-order chi connectivity index (χ0) is 21.6. The normalized spacial score (nSPS) is 14.9. The van der Waals surface area contributed by atoms with Gasteiger partial charge in [-0.2, -0.15) is 0 Å². The van der Waals surface area contributed by atoms with Gasteiger partial charge in [-0.3, -0.25) is 4.99 Å². The molecule has 2 aromatic rings. The first-order chi connectivity index (χ1) is 14.4. The second kappa shape index (κ2) is 11.7. The molecule has 31 heavy (non-hydrogen) atoms. The summed E-state index contributed by atoms with van der Waals surface area (Å²) >= 11 is 0. The molecule has 0 radical (unpaired) electrons. The molecule has 3 rings (SSSR count). The fourth-order valence-electron chi connectivity index (χ4n) is 3.49. The number of hydrogen-bond acceptors (Lipinski definition) is 4. The number of rotatable bonds is 6. The van der Waals surface area contributed by atoms with Gasteiger partial charge in [-0.25, -0.2) is 12.8 Å². The van der Waals surface area contributed by atoms with Crippen molar-refractivity contribution in [3.63, 3.8) is 0 Å². The van der Waals surface area contributed by atoms with Gasteiger partial charge in [0, 0.05) is 45.5 Å². The lowest BCUT2D eigenvalue weighted by Crippen LogP contribution is -2.52. The minimum absolute atomic E-state index is 0. The van der Waals surface area contributed by atoms with Crippen LogP contribution in [-0.2, 0) is 16.3 Å². The Hall–Kier alpha value is -1.88. The zero-order valence-corrected chi connectivity index (χ0v) is 21.1. The molecule has 1 aliphatic rings. The van der Waals surface area contributed by atoms with Crippen molar-refractivity contribution in [2.45, 2.75) is 18.2 Å². The van der Waals surface area contributed by atoms with Gasteiger partial charge in [0.1, 0.15) is 5.82 Å². The third kappa shape index (κ3) is 7.06. The quantitative estimate of drug-likeness (QED) is 0.334. The van der Waals surface area contributed by atoms with Crippen LogP contribution in [0.2, 0.25) is 0 Å². The molecule has 0 amide bonds. The van der Waals surface area contributed by atoms with Crippen molar-refractivity contribution in [1.29, 1.82) is 0 Å². The van der Waals surface area contributed by atoms with Crippen molar-refractivity contribution in [3.05, 3.63) is 59.9 Å². The Morgan fingerprint density at radius 3 is 2.29 bits per heavy atom. The van der Waals surface area contributed by atoms with E-state index >= 15 is 0 Å². The highest BCUT2D eigenvalue weighted by molar-refractivity contribution is 14.0. The number of nitrogens with zero attached hydrogens (tertiary/aromatic N) is 3. The van der Waals surface area contributed by atoms with Crippen molar-refractivity contribution in [2.24, 2.45) is 4.99 Å². The summed E-state index contributed by atoms with van der Waals surface area (Å²) < 4.78 is 37.2. The van der Waals surface area contributed by atoms with Crippen molar-refractivity contribution >= 4 is 45.5 Å². The number of anilines is 1. The Morgan fingerprint density at radius 2 is 1.71 bits per heavy atom. The van der Waals surface area contributed by atoms with Crippen LogP contribution in [0.3, 0.4) is 0 Å². The fourth-order valence-corrected chi connectivity index (χ4v) is 4.12. The van der Waals surface area contributed by atoms with Crippen LogP contribution >= 0.6 is 24.0 Å². The molecule has 6 nitrogen and oxygen atoms in total. The molecule has 0 aliphatic carbocycles. The lowest BCUT2D eigenvalue weighted by Gasteiger charge is -2.37. The van der Waals surface area contributed by atoms with Gasteiger partial charge >= 0.3 is 0 Å². The van der Waals surface area contributed by atoms with E-state index in [1.807, 2.05) is 31.2 Å². The number of para-hydroxylation sites is 1. The first kappa shape index (κ1) is 25.4. The minimum Gasteiger partial charge on any atom is -0.366 e. The molecule has 0 spiro atoms. The van der Waals surface area contributed by atoms with Gasteiger partial charge < -0.3 is 15.1 Å². The molecule has 0 saturated carbocycles. The lowest BCUT2D eigenvalue weighted by atomic mass is 10.1. The summed E-state index contributed by atoms with van der Waals surface area (Å²) in [6.07, 6.45) is 1.94. The van der Waals surface area contributed by atoms with Crippen LogP contribution in [-0.4, -0.2) is 64.8 Å². The second-order valence-corrected chi connectivity index (χ2v) is 9.34. The Balaban J connectivity index is 0.00000341. The van der Waals surface area contributed by atoms with Gasteiger partial charge in [0.15, 0.2) is 15.8 Å². The third-order valence-corrected chi connectivity index (χ3v) is 6.25. The number of hydrogen-bond donors (Lipinski definition) is 1. The summed E-state index contributed by atoms with van der Waals surface area (Å²) in [7, 11) is -3.17. The topological polar surface area (TPSA) is 65.0 Å². The summed E-state index contributed by atoms with van der Waals surface area (Å²) in [4.78, 5) is 9.34. The van der Waals surface area contributed by atoms with E-state index in [1.165, 1.54) is 12.3 Å². The molecule has 0 aromatic heterocycles. The fraction of sp³-hybridized carbons (Fsp3) is 0.409. The highest BCUT2D eigenvalue weighted by Gasteiger charge is 2.21. The number of sulfone groups is 1. The second-order valence-electron chi connectivity index (χ2n) is 7.33. The first-order valence-electron chi connectivity index (χ1n) is 10.2. The number of aliphatic imine (C=N–C) groups is 1. The van der Waals surface area contributed by atoms with Crippen molar-refractivity contribution in [1.82, 2.24) is 10.2 Å². The Morgan fingerprint density at radius 1 is 1.06 bits per heavy atom. The van der Waals surface area contributed by atoms with E-state index in [9.17, 15) is 12.8 Å². The molecule has 1 N–H and O–H groups in total. The molecule has 1 saturated heterocycles. The summed E-state index contributed by atoms with van der Waals surface area (Å²) in [6, 6.07) is 13.8. The molecular weight excluding hydrogens is 530 g/mol. The molecule has 0 atom stereocenters. The Bertz CT molecular complexity index is 975. The molecule has 2 aromatic carbocycles.